The number of amides is 1. The number of carbonyl (C=O) groups is 1. The van der Waals surface area contributed by atoms with Gasteiger partial charge in [-0.15, -0.1) is 0 Å². The molecule has 0 rings (SSSR count). The van der Waals surface area contributed by atoms with E-state index in [9.17, 15) is 4.79 Å². The summed E-state index contributed by atoms with van der Waals surface area (Å²) in [6, 6.07) is 0.654. The summed E-state index contributed by atoms with van der Waals surface area (Å²) in [7, 11) is 1.89. The minimum atomic E-state index is 0.126. The summed E-state index contributed by atoms with van der Waals surface area (Å²) < 4.78 is 0. The smallest absolute Gasteiger partial charge is 0.236 e. The van der Waals surface area contributed by atoms with Crippen molar-refractivity contribution in [3.8, 4) is 0 Å². The maximum Gasteiger partial charge on any atom is 0.236 e. The third-order valence-electron chi connectivity index (χ3n) is 3.44. The average molecular weight is 228 g/mol. The molecular weight excluding hydrogens is 200 g/mol. The highest BCUT2D eigenvalue weighted by Gasteiger charge is 2.26. The summed E-state index contributed by atoms with van der Waals surface area (Å²) in [4.78, 5) is 13.8. The number of nitrogens with zero attached hydrogens (tertiary/aromatic N) is 1. The Morgan fingerprint density at radius 2 is 1.81 bits per heavy atom. The molecule has 1 amide bonds. The molecule has 0 aliphatic heterocycles. The number of rotatable bonds is 5. The largest absolute Gasteiger partial charge is 0.341 e. The van der Waals surface area contributed by atoms with Crippen molar-refractivity contribution in [1.29, 1.82) is 0 Å². The Kier molecular flexibility index (Phi) is 6.01. The van der Waals surface area contributed by atoms with Crippen molar-refractivity contribution in [3.63, 3.8) is 0 Å². The lowest BCUT2D eigenvalue weighted by molar-refractivity contribution is -0.132. The standard InChI is InChI=1S/C13H28N2O/c1-8-10(2)14-9-12(16)15(7)11(3)13(4,5)6/h10-11,14H,8-9H2,1-7H3. The summed E-state index contributed by atoms with van der Waals surface area (Å²) in [6.07, 6.45) is 1.05. The Balaban J connectivity index is 4.19. The molecule has 3 nitrogen and oxygen atoms in total. The van der Waals surface area contributed by atoms with Gasteiger partial charge in [-0.2, -0.15) is 0 Å². The first-order chi connectivity index (χ1) is 7.20. The first-order valence-corrected chi connectivity index (χ1v) is 6.19. The van der Waals surface area contributed by atoms with E-state index in [1.54, 1.807) is 0 Å². The second-order valence-corrected chi connectivity index (χ2v) is 5.74. The third-order valence-corrected chi connectivity index (χ3v) is 3.44. The molecule has 3 heteroatoms. The summed E-state index contributed by atoms with van der Waals surface area (Å²) in [5.41, 5.74) is 0.126. The highest BCUT2D eigenvalue weighted by molar-refractivity contribution is 5.78. The van der Waals surface area contributed by atoms with Crippen LogP contribution >= 0.6 is 0 Å². The molecule has 2 atom stereocenters. The molecule has 0 aliphatic carbocycles. The molecule has 0 bridgehead atoms. The van der Waals surface area contributed by atoms with E-state index in [1.807, 2.05) is 11.9 Å². The zero-order chi connectivity index (χ0) is 12.9. The van der Waals surface area contributed by atoms with E-state index in [2.05, 4.69) is 46.9 Å². The Morgan fingerprint density at radius 3 is 2.19 bits per heavy atom. The second kappa shape index (κ2) is 6.24. The van der Waals surface area contributed by atoms with Crippen LogP contribution in [0, 0.1) is 5.41 Å². The summed E-state index contributed by atoms with van der Waals surface area (Å²) >= 11 is 0. The van der Waals surface area contributed by atoms with E-state index < -0.39 is 0 Å². The van der Waals surface area contributed by atoms with Gasteiger partial charge in [0, 0.05) is 19.1 Å². The van der Waals surface area contributed by atoms with Gasteiger partial charge in [-0.1, -0.05) is 27.7 Å². The quantitative estimate of drug-likeness (QED) is 0.783. The van der Waals surface area contributed by atoms with Crippen LogP contribution in [0.25, 0.3) is 0 Å². The molecule has 0 aromatic rings. The molecule has 2 unspecified atom stereocenters. The van der Waals surface area contributed by atoms with Crippen LogP contribution in [0.3, 0.4) is 0 Å². The molecule has 0 saturated carbocycles. The normalized spacial score (nSPS) is 15.7. The van der Waals surface area contributed by atoms with Crippen molar-refractivity contribution in [1.82, 2.24) is 10.2 Å². The van der Waals surface area contributed by atoms with Crippen LogP contribution in [0.4, 0.5) is 0 Å². The van der Waals surface area contributed by atoms with Gasteiger partial charge < -0.3 is 10.2 Å². The van der Waals surface area contributed by atoms with Crippen molar-refractivity contribution < 1.29 is 4.79 Å². The van der Waals surface area contributed by atoms with E-state index in [4.69, 9.17) is 0 Å². The molecule has 0 heterocycles. The first-order valence-electron chi connectivity index (χ1n) is 6.19. The first kappa shape index (κ1) is 15.4. The van der Waals surface area contributed by atoms with Crippen LogP contribution in [0.15, 0.2) is 0 Å². The van der Waals surface area contributed by atoms with Gasteiger partial charge in [0.2, 0.25) is 5.91 Å². The topological polar surface area (TPSA) is 32.3 Å². The molecule has 0 spiro atoms. The fourth-order valence-corrected chi connectivity index (χ4v) is 1.33. The minimum Gasteiger partial charge on any atom is -0.341 e. The van der Waals surface area contributed by atoms with E-state index in [0.29, 0.717) is 12.6 Å². The number of hydrogen-bond donors (Lipinski definition) is 1. The number of nitrogens with one attached hydrogen (secondary N) is 1. The fourth-order valence-electron chi connectivity index (χ4n) is 1.33. The lowest BCUT2D eigenvalue weighted by atomic mass is 9.87. The van der Waals surface area contributed by atoms with Crippen molar-refractivity contribution in [3.05, 3.63) is 0 Å². The molecule has 96 valence electrons. The van der Waals surface area contributed by atoms with Gasteiger partial charge in [0.05, 0.1) is 6.54 Å². The van der Waals surface area contributed by atoms with Gasteiger partial charge in [0.15, 0.2) is 0 Å². The molecule has 0 radical (unpaired) electrons. The molecule has 0 saturated heterocycles. The molecule has 0 fully saturated rings. The van der Waals surface area contributed by atoms with Crippen molar-refractivity contribution >= 4 is 5.91 Å². The number of carbonyl (C=O) groups excluding carboxylic acids is 1. The van der Waals surface area contributed by atoms with E-state index >= 15 is 0 Å². The van der Waals surface area contributed by atoms with Crippen LogP contribution in [0.1, 0.15) is 48.0 Å². The van der Waals surface area contributed by atoms with Gasteiger partial charge in [-0.25, -0.2) is 0 Å². The SMILES string of the molecule is CCC(C)NCC(=O)N(C)C(C)C(C)(C)C. The van der Waals surface area contributed by atoms with Crippen LogP contribution in [0.2, 0.25) is 0 Å². The van der Waals surface area contributed by atoms with E-state index in [-0.39, 0.29) is 17.4 Å². The van der Waals surface area contributed by atoms with Gasteiger partial charge in [0.1, 0.15) is 0 Å². The lowest BCUT2D eigenvalue weighted by Crippen LogP contribution is -2.47. The Labute approximate surface area is 101 Å². The Hall–Kier alpha value is -0.570. The van der Waals surface area contributed by atoms with Crippen LogP contribution in [-0.2, 0) is 4.79 Å². The van der Waals surface area contributed by atoms with Gasteiger partial charge in [0.25, 0.3) is 0 Å². The minimum absolute atomic E-state index is 0.126. The maximum absolute atomic E-state index is 11.9. The lowest BCUT2D eigenvalue weighted by Gasteiger charge is -2.35. The van der Waals surface area contributed by atoms with Gasteiger partial charge in [-0.05, 0) is 25.7 Å². The predicted molar refractivity (Wildman–Crippen MR) is 69.4 cm³/mol. The van der Waals surface area contributed by atoms with Crippen molar-refractivity contribution in [2.75, 3.05) is 13.6 Å². The Bertz CT molecular complexity index is 220. The maximum atomic E-state index is 11.9. The molecular formula is C13H28N2O. The molecule has 0 aromatic carbocycles. The molecule has 0 aliphatic rings. The second-order valence-electron chi connectivity index (χ2n) is 5.74. The number of likely N-dealkylation sites (N-methyl/N-ethyl adjacent to an activating group) is 1. The van der Waals surface area contributed by atoms with Gasteiger partial charge in [-0.3, -0.25) is 4.79 Å². The average Bonchev–Trinajstić information content (AvgIpc) is 2.21. The molecule has 16 heavy (non-hydrogen) atoms. The Morgan fingerprint density at radius 1 is 1.31 bits per heavy atom. The molecule has 0 aromatic heterocycles. The monoisotopic (exact) mass is 228 g/mol. The fraction of sp³-hybridized carbons (Fsp3) is 0.923. The van der Waals surface area contributed by atoms with Crippen molar-refractivity contribution in [2.24, 2.45) is 5.41 Å². The summed E-state index contributed by atoms with van der Waals surface area (Å²) in [5.74, 6) is 0.169. The zero-order valence-corrected chi connectivity index (χ0v) is 11.9. The van der Waals surface area contributed by atoms with Crippen LogP contribution < -0.4 is 5.32 Å². The van der Waals surface area contributed by atoms with E-state index in [0.717, 1.165) is 6.42 Å². The predicted octanol–water partition coefficient (Wildman–Crippen LogP) is 2.27. The molecule has 1 N–H and O–H groups in total. The summed E-state index contributed by atoms with van der Waals surface area (Å²) in [5, 5.41) is 3.23. The zero-order valence-electron chi connectivity index (χ0n) is 11.9. The highest BCUT2D eigenvalue weighted by atomic mass is 16.2. The van der Waals surface area contributed by atoms with Crippen LogP contribution in [-0.4, -0.2) is 36.5 Å². The summed E-state index contributed by atoms with van der Waals surface area (Å²) in [6.45, 7) is 13.2. The number of hydrogen-bond acceptors (Lipinski definition) is 2. The van der Waals surface area contributed by atoms with E-state index in [1.165, 1.54) is 0 Å². The highest BCUT2D eigenvalue weighted by Crippen LogP contribution is 2.22. The van der Waals surface area contributed by atoms with Crippen LogP contribution in [0.5, 0.6) is 0 Å². The van der Waals surface area contributed by atoms with Gasteiger partial charge >= 0.3 is 0 Å². The third kappa shape index (κ3) is 4.97. The van der Waals surface area contributed by atoms with Crippen molar-refractivity contribution in [2.45, 2.75) is 60.0 Å².